The molecule has 5 heteroatoms. The van der Waals surface area contributed by atoms with Crippen molar-refractivity contribution < 1.29 is 14.3 Å². The first-order valence-corrected chi connectivity index (χ1v) is 5.49. The van der Waals surface area contributed by atoms with Gasteiger partial charge in [0.05, 0.1) is 12.2 Å². The van der Waals surface area contributed by atoms with Crippen molar-refractivity contribution in [2.75, 3.05) is 19.8 Å². The van der Waals surface area contributed by atoms with Crippen LogP contribution in [-0.4, -0.2) is 30.8 Å². The molecule has 0 aromatic carbocycles. The van der Waals surface area contributed by atoms with E-state index in [1.807, 2.05) is 6.92 Å². The van der Waals surface area contributed by atoms with E-state index < -0.39 is 5.97 Å². The zero-order valence-corrected chi connectivity index (χ0v) is 9.87. The Hall–Kier alpha value is -1.13. The van der Waals surface area contributed by atoms with E-state index in [4.69, 9.17) is 21.1 Å². The summed E-state index contributed by atoms with van der Waals surface area (Å²) in [6.07, 6.45) is 2.46. The number of pyridine rings is 1. The molecule has 0 unspecified atom stereocenters. The molecule has 1 rings (SSSR count). The molecule has 0 saturated carbocycles. The quantitative estimate of drug-likeness (QED) is 0.437. The molecule has 0 bridgehead atoms. The van der Waals surface area contributed by atoms with E-state index in [1.54, 1.807) is 12.1 Å². The number of halogens is 1. The van der Waals surface area contributed by atoms with E-state index in [1.165, 1.54) is 6.20 Å². The predicted octanol–water partition coefficient (Wildman–Crippen LogP) is 2.32. The van der Waals surface area contributed by atoms with E-state index in [-0.39, 0.29) is 17.3 Å². The second-order valence-corrected chi connectivity index (χ2v) is 3.45. The Kier molecular flexibility index (Phi) is 5.82. The molecule has 0 amide bonds. The van der Waals surface area contributed by atoms with E-state index in [0.717, 1.165) is 6.42 Å². The van der Waals surface area contributed by atoms with Crippen LogP contribution in [0.5, 0.6) is 0 Å². The number of carbonyl (C=O) groups is 1. The van der Waals surface area contributed by atoms with Crippen molar-refractivity contribution in [1.29, 1.82) is 0 Å². The summed E-state index contributed by atoms with van der Waals surface area (Å²) in [4.78, 5) is 15.3. The molecule has 1 heterocycles. The lowest BCUT2D eigenvalue weighted by Crippen LogP contribution is -2.11. The topological polar surface area (TPSA) is 48.4 Å². The third kappa shape index (κ3) is 4.16. The Morgan fingerprint density at radius 1 is 1.44 bits per heavy atom. The van der Waals surface area contributed by atoms with Gasteiger partial charge in [0.15, 0.2) is 0 Å². The van der Waals surface area contributed by atoms with Crippen molar-refractivity contribution in [1.82, 2.24) is 4.98 Å². The Labute approximate surface area is 99.5 Å². The van der Waals surface area contributed by atoms with E-state index >= 15 is 0 Å². The van der Waals surface area contributed by atoms with Gasteiger partial charge in [-0.25, -0.2) is 9.78 Å². The lowest BCUT2D eigenvalue weighted by molar-refractivity contribution is 0.0318. The summed E-state index contributed by atoms with van der Waals surface area (Å²) < 4.78 is 10.1. The molecule has 16 heavy (non-hydrogen) atoms. The number of ether oxygens (including phenoxy) is 2. The molecular formula is C11H14ClNO3. The molecule has 0 saturated heterocycles. The highest BCUT2D eigenvalue weighted by atomic mass is 35.5. The highest BCUT2D eigenvalue weighted by Crippen LogP contribution is 2.12. The van der Waals surface area contributed by atoms with Crippen LogP contribution in [0.4, 0.5) is 0 Å². The van der Waals surface area contributed by atoms with Crippen molar-refractivity contribution in [3.63, 3.8) is 0 Å². The molecule has 1 aromatic rings. The minimum atomic E-state index is -0.474. The number of nitrogens with zero attached hydrogens (tertiary/aromatic N) is 1. The van der Waals surface area contributed by atoms with Gasteiger partial charge in [0, 0.05) is 12.8 Å². The highest BCUT2D eigenvalue weighted by Gasteiger charge is 2.11. The summed E-state index contributed by atoms with van der Waals surface area (Å²) >= 11 is 5.74. The SMILES string of the molecule is CCCOCCOC(=O)c1cccnc1Cl. The molecule has 88 valence electrons. The molecule has 0 N–H and O–H groups in total. The maximum atomic E-state index is 11.5. The monoisotopic (exact) mass is 243 g/mol. The van der Waals surface area contributed by atoms with Crippen molar-refractivity contribution in [2.24, 2.45) is 0 Å². The third-order valence-electron chi connectivity index (χ3n) is 1.79. The van der Waals surface area contributed by atoms with Gasteiger partial charge in [-0.05, 0) is 18.6 Å². The Bertz CT molecular complexity index is 344. The fourth-order valence-electron chi connectivity index (χ4n) is 1.06. The van der Waals surface area contributed by atoms with Crippen LogP contribution >= 0.6 is 11.6 Å². The number of carbonyl (C=O) groups excluding carboxylic acids is 1. The molecule has 0 aliphatic carbocycles. The third-order valence-corrected chi connectivity index (χ3v) is 2.09. The lowest BCUT2D eigenvalue weighted by Gasteiger charge is -2.05. The summed E-state index contributed by atoms with van der Waals surface area (Å²) in [5, 5.41) is 0.155. The van der Waals surface area contributed by atoms with Gasteiger partial charge in [0.2, 0.25) is 0 Å². The fourth-order valence-corrected chi connectivity index (χ4v) is 1.25. The van der Waals surface area contributed by atoms with Gasteiger partial charge in [0.25, 0.3) is 0 Å². The van der Waals surface area contributed by atoms with Crippen molar-refractivity contribution in [3.05, 3.63) is 29.0 Å². The maximum Gasteiger partial charge on any atom is 0.341 e. The van der Waals surface area contributed by atoms with Gasteiger partial charge in [-0.1, -0.05) is 18.5 Å². The van der Waals surface area contributed by atoms with Gasteiger partial charge >= 0.3 is 5.97 Å². The minimum absolute atomic E-state index is 0.155. The first-order chi connectivity index (χ1) is 7.75. The zero-order chi connectivity index (χ0) is 11.8. The van der Waals surface area contributed by atoms with Gasteiger partial charge in [-0.2, -0.15) is 0 Å². The Morgan fingerprint density at radius 2 is 2.25 bits per heavy atom. The summed E-state index contributed by atoms with van der Waals surface area (Å²) in [6.45, 7) is 3.31. The molecule has 0 aliphatic heterocycles. The van der Waals surface area contributed by atoms with Crippen molar-refractivity contribution in [3.8, 4) is 0 Å². The van der Waals surface area contributed by atoms with Crippen LogP contribution in [0.2, 0.25) is 5.15 Å². The van der Waals surface area contributed by atoms with Gasteiger partial charge < -0.3 is 9.47 Å². The fraction of sp³-hybridized carbons (Fsp3) is 0.455. The molecule has 0 fully saturated rings. The van der Waals surface area contributed by atoms with Gasteiger partial charge in [-0.3, -0.25) is 0 Å². The Morgan fingerprint density at radius 3 is 2.94 bits per heavy atom. The highest BCUT2D eigenvalue weighted by molar-refractivity contribution is 6.32. The number of esters is 1. The summed E-state index contributed by atoms with van der Waals surface area (Å²) in [5.41, 5.74) is 0.277. The van der Waals surface area contributed by atoms with Gasteiger partial charge in [-0.15, -0.1) is 0 Å². The van der Waals surface area contributed by atoms with E-state index in [9.17, 15) is 4.79 Å². The molecule has 1 aromatic heterocycles. The first-order valence-electron chi connectivity index (χ1n) is 5.11. The summed E-state index contributed by atoms with van der Waals surface area (Å²) in [7, 11) is 0. The molecule has 0 atom stereocenters. The average molecular weight is 244 g/mol. The van der Waals surface area contributed by atoms with Crippen LogP contribution in [0.15, 0.2) is 18.3 Å². The van der Waals surface area contributed by atoms with Crippen molar-refractivity contribution in [2.45, 2.75) is 13.3 Å². The number of hydrogen-bond acceptors (Lipinski definition) is 4. The maximum absolute atomic E-state index is 11.5. The first kappa shape index (κ1) is 12.9. The summed E-state index contributed by atoms with van der Waals surface area (Å²) in [6, 6.07) is 3.21. The second kappa shape index (κ2) is 7.19. The van der Waals surface area contributed by atoms with Crippen LogP contribution in [0.3, 0.4) is 0 Å². The number of aromatic nitrogens is 1. The normalized spacial score (nSPS) is 10.1. The second-order valence-electron chi connectivity index (χ2n) is 3.09. The average Bonchev–Trinajstić information content (AvgIpc) is 2.29. The predicted molar refractivity (Wildman–Crippen MR) is 60.6 cm³/mol. The van der Waals surface area contributed by atoms with Crippen molar-refractivity contribution >= 4 is 17.6 Å². The van der Waals surface area contributed by atoms with E-state index in [0.29, 0.717) is 13.2 Å². The van der Waals surface area contributed by atoms with E-state index in [2.05, 4.69) is 4.98 Å². The summed E-state index contributed by atoms with van der Waals surface area (Å²) in [5.74, 6) is -0.474. The van der Waals surface area contributed by atoms with Crippen LogP contribution in [0, 0.1) is 0 Å². The van der Waals surface area contributed by atoms with Crippen LogP contribution in [0.25, 0.3) is 0 Å². The molecule has 0 aliphatic rings. The van der Waals surface area contributed by atoms with Crippen LogP contribution in [0.1, 0.15) is 23.7 Å². The standard InChI is InChI=1S/C11H14ClNO3/c1-2-6-15-7-8-16-11(14)9-4-3-5-13-10(9)12/h3-5H,2,6-8H2,1H3. The largest absolute Gasteiger partial charge is 0.460 e. The lowest BCUT2D eigenvalue weighted by atomic mass is 10.3. The van der Waals surface area contributed by atoms with Crippen LogP contribution in [-0.2, 0) is 9.47 Å². The smallest absolute Gasteiger partial charge is 0.341 e. The number of hydrogen-bond donors (Lipinski definition) is 0. The Balaban J connectivity index is 2.33. The minimum Gasteiger partial charge on any atom is -0.460 e. The van der Waals surface area contributed by atoms with Gasteiger partial charge in [0.1, 0.15) is 11.8 Å². The zero-order valence-electron chi connectivity index (χ0n) is 9.11. The molecule has 4 nitrogen and oxygen atoms in total. The molecule has 0 radical (unpaired) electrons. The molecular weight excluding hydrogens is 230 g/mol. The molecule has 0 spiro atoms. The number of rotatable bonds is 6. The van der Waals surface area contributed by atoms with Crippen LogP contribution < -0.4 is 0 Å².